The summed E-state index contributed by atoms with van der Waals surface area (Å²) in [6.45, 7) is 5.46. The number of rotatable bonds is 6. The molecule has 1 unspecified atom stereocenters. The van der Waals surface area contributed by atoms with Crippen molar-refractivity contribution in [2.45, 2.75) is 32.9 Å². The highest BCUT2D eigenvalue weighted by atomic mass is 16.5. The Labute approximate surface area is 97.4 Å². The van der Waals surface area contributed by atoms with E-state index in [1.54, 1.807) is 14.0 Å². The summed E-state index contributed by atoms with van der Waals surface area (Å²) in [5, 5.41) is 12.4. The summed E-state index contributed by atoms with van der Waals surface area (Å²) < 4.78 is 5.29. The van der Waals surface area contributed by atoms with Gasteiger partial charge in [-0.1, -0.05) is 17.7 Å². The smallest absolute Gasteiger partial charge is 0.123 e. The maximum Gasteiger partial charge on any atom is 0.123 e. The summed E-state index contributed by atoms with van der Waals surface area (Å²) in [5.41, 5.74) is 2.39. The molecule has 0 radical (unpaired) electrons. The van der Waals surface area contributed by atoms with Crippen LogP contribution in [-0.4, -0.2) is 24.9 Å². The highest BCUT2D eigenvalue weighted by Gasteiger charge is 2.02. The lowest BCUT2D eigenvalue weighted by Crippen LogP contribution is -2.19. The molecule has 0 saturated carbocycles. The second-order valence-corrected chi connectivity index (χ2v) is 4.13. The Morgan fingerprint density at radius 1 is 1.44 bits per heavy atom. The minimum atomic E-state index is -0.244. The molecule has 16 heavy (non-hydrogen) atoms. The van der Waals surface area contributed by atoms with E-state index in [0.29, 0.717) is 0 Å². The SMILES string of the molecule is COc1ccc(C)cc1CNCCC(C)O. The van der Waals surface area contributed by atoms with Gasteiger partial charge in [0, 0.05) is 12.1 Å². The highest BCUT2D eigenvalue weighted by Crippen LogP contribution is 2.19. The summed E-state index contributed by atoms with van der Waals surface area (Å²) in [5.74, 6) is 0.912. The van der Waals surface area contributed by atoms with Gasteiger partial charge in [-0.3, -0.25) is 0 Å². The summed E-state index contributed by atoms with van der Waals surface area (Å²) >= 11 is 0. The third kappa shape index (κ3) is 4.21. The Balaban J connectivity index is 2.48. The van der Waals surface area contributed by atoms with Crippen molar-refractivity contribution in [1.82, 2.24) is 5.32 Å². The third-order valence-corrected chi connectivity index (χ3v) is 2.49. The number of hydrogen-bond donors (Lipinski definition) is 2. The molecule has 1 rings (SSSR count). The molecule has 0 aliphatic rings. The Bertz CT molecular complexity index is 324. The topological polar surface area (TPSA) is 41.5 Å². The van der Waals surface area contributed by atoms with E-state index in [1.807, 2.05) is 12.1 Å². The largest absolute Gasteiger partial charge is 0.496 e. The van der Waals surface area contributed by atoms with Gasteiger partial charge in [0.2, 0.25) is 0 Å². The number of aryl methyl sites for hydroxylation is 1. The first-order chi connectivity index (χ1) is 7.63. The van der Waals surface area contributed by atoms with Crippen molar-refractivity contribution in [3.63, 3.8) is 0 Å². The molecule has 0 bridgehead atoms. The Morgan fingerprint density at radius 2 is 2.19 bits per heavy atom. The Morgan fingerprint density at radius 3 is 2.81 bits per heavy atom. The number of aliphatic hydroxyl groups is 1. The van der Waals surface area contributed by atoms with Crippen LogP contribution in [0.3, 0.4) is 0 Å². The molecule has 0 aliphatic carbocycles. The van der Waals surface area contributed by atoms with Gasteiger partial charge in [-0.25, -0.2) is 0 Å². The van der Waals surface area contributed by atoms with E-state index in [-0.39, 0.29) is 6.10 Å². The van der Waals surface area contributed by atoms with E-state index in [2.05, 4.69) is 18.3 Å². The lowest BCUT2D eigenvalue weighted by Gasteiger charge is -2.11. The van der Waals surface area contributed by atoms with Gasteiger partial charge in [0.15, 0.2) is 0 Å². The van der Waals surface area contributed by atoms with Crippen LogP contribution in [0.2, 0.25) is 0 Å². The van der Waals surface area contributed by atoms with Gasteiger partial charge >= 0.3 is 0 Å². The van der Waals surface area contributed by atoms with Crippen molar-refractivity contribution in [3.05, 3.63) is 29.3 Å². The fourth-order valence-corrected chi connectivity index (χ4v) is 1.58. The van der Waals surface area contributed by atoms with Crippen LogP contribution < -0.4 is 10.1 Å². The average Bonchev–Trinajstić information content (AvgIpc) is 2.24. The van der Waals surface area contributed by atoms with E-state index in [1.165, 1.54) is 5.56 Å². The average molecular weight is 223 g/mol. The van der Waals surface area contributed by atoms with Crippen molar-refractivity contribution in [3.8, 4) is 5.75 Å². The van der Waals surface area contributed by atoms with E-state index in [4.69, 9.17) is 9.84 Å². The molecule has 0 aromatic heterocycles. The summed E-state index contributed by atoms with van der Waals surface area (Å²) in [4.78, 5) is 0. The lowest BCUT2D eigenvalue weighted by atomic mass is 10.1. The molecule has 0 heterocycles. The first-order valence-corrected chi connectivity index (χ1v) is 5.65. The molecular weight excluding hydrogens is 202 g/mol. The van der Waals surface area contributed by atoms with Gasteiger partial charge in [-0.15, -0.1) is 0 Å². The molecule has 1 aromatic rings. The minimum absolute atomic E-state index is 0.244. The van der Waals surface area contributed by atoms with Crippen LogP contribution in [0.25, 0.3) is 0 Å². The second kappa shape index (κ2) is 6.51. The van der Waals surface area contributed by atoms with E-state index in [0.717, 1.165) is 30.8 Å². The zero-order chi connectivity index (χ0) is 12.0. The van der Waals surface area contributed by atoms with Gasteiger partial charge in [-0.05, 0) is 32.9 Å². The standard InChI is InChI=1S/C13H21NO2/c1-10-4-5-13(16-3)12(8-10)9-14-7-6-11(2)15/h4-5,8,11,14-15H,6-7,9H2,1-3H3. The Kier molecular flexibility index (Phi) is 5.29. The molecule has 1 aromatic carbocycles. The number of ether oxygens (including phenoxy) is 1. The predicted molar refractivity (Wildman–Crippen MR) is 65.7 cm³/mol. The molecule has 0 spiro atoms. The second-order valence-electron chi connectivity index (χ2n) is 4.13. The molecule has 0 saturated heterocycles. The van der Waals surface area contributed by atoms with Gasteiger partial charge in [-0.2, -0.15) is 0 Å². The van der Waals surface area contributed by atoms with Crippen LogP contribution in [-0.2, 0) is 6.54 Å². The zero-order valence-corrected chi connectivity index (χ0v) is 10.3. The van der Waals surface area contributed by atoms with E-state index in [9.17, 15) is 0 Å². The van der Waals surface area contributed by atoms with Crippen LogP contribution in [0.15, 0.2) is 18.2 Å². The van der Waals surface area contributed by atoms with Crippen LogP contribution in [0.4, 0.5) is 0 Å². The quantitative estimate of drug-likeness (QED) is 0.723. The van der Waals surface area contributed by atoms with E-state index >= 15 is 0 Å². The summed E-state index contributed by atoms with van der Waals surface area (Å²) in [6, 6.07) is 6.15. The van der Waals surface area contributed by atoms with Crippen LogP contribution in [0.5, 0.6) is 5.75 Å². The number of nitrogens with one attached hydrogen (secondary N) is 1. The first kappa shape index (κ1) is 13.0. The molecule has 3 heteroatoms. The van der Waals surface area contributed by atoms with Gasteiger partial charge < -0.3 is 15.2 Å². The molecule has 90 valence electrons. The molecule has 3 nitrogen and oxygen atoms in total. The number of methoxy groups -OCH3 is 1. The number of aliphatic hydroxyl groups excluding tert-OH is 1. The van der Waals surface area contributed by atoms with Crippen molar-refractivity contribution in [2.75, 3.05) is 13.7 Å². The number of benzene rings is 1. The van der Waals surface area contributed by atoms with Gasteiger partial charge in [0.25, 0.3) is 0 Å². The number of hydrogen-bond acceptors (Lipinski definition) is 3. The normalized spacial score (nSPS) is 12.5. The highest BCUT2D eigenvalue weighted by molar-refractivity contribution is 5.36. The molecular formula is C13H21NO2. The summed E-state index contributed by atoms with van der Waals surface area (Å²) in [7, 11) is 1.68. The monoisotopic (exact) mass is 223 g/mol. The summed E-state index contributed by atoms with van der Waals surface area (Å²) in [6.07, 6.45) is 0.528. The zero-order valence-electron chi connectivity index (χ0n) is 10.3. The molecule has 0 aliphatic heterocycles. The van der Waals surface area contributed by atoms with E-state index < -0.39 is 0 Å². The van der Waals surface area contributed by atoms with Crippen LogP contribution in [0, 0.1) is 6.92 Å². The maximum absolute atomic E-state index is 9.13. The minimum Gasteiger partial charge on any atom is -0.496 e. The van der Waals surface area contributed by atoms with Gasteiger partial charge in [0.05, 0.1) is 13.2 Å². The molecule has 2 N–H and O–H groups in total. The third-order valence-electron chi connectivity index (χ3n) is 2.49. The van der Waals surface area contributed by atoms with Crippen molar-refractivity contribution in [1.29, 1.82) is 0 Å². The van der Waals surface area contributed by atoms with Crippen LogP contribution in [0.1, 0.15) is 24.5 Å². The van der Waals surface area contributed by atoms with Crippen molar-refractivity contribution >= 4 is 0 Å². The Hall–Kier alpha value is -1.06. The predicted octanol–water partition coefficient (Wildman–Crippen LogP) is 1.86. The lowest BCUT2D eigenvalue weighted by molar-refractivity contribution is 0.183. The molecule has 0 amide bonds. The maximum atomic E-state index is 9.13. The molecule has 0 fully saturated rings. The van der Waals surface area contributed by atoms with Crippen LogP contribution >= 0.6 is 0 Å². The molecule has 1 atom stereocenters. The van der Waals surface area contributed by atoms with Crippen molar-refractivity contribution < 1.29 is 9.84 Å². The van der Waals surface area contributed by atoms with Crippen molar-refractivity contribution in [2.24, 2.45) is 0 Å². The van der Waals surface area contributed by atoms with Gasteiger partial charge in [0.1, 0.15) is 5.75 Å². The fraction of sp³-hybridized carbons (Fsp3) is 0.538. The first-order valence-electron chi connectivity index (χ1n) is 5.65. The fourth-order valence-electron chi connectivity index (χ4n) is 1.58.